The quantitative estimate of drug-likeness (QED) is 0.668. The van der Waals surface area contributed by atoms with E-state index >= 15 is 0 Å². The van der Waals surface area contributed by atoms with Crippen LogP contribution in [0, 0.1) is 16.9 Å². The summed E-state index contributed by atoms with van der Waals surface area (Å²) in [4.78, 5) is 3.95. The Balaban J connectivity index is 3.25. The van der Waals surface area contributed by atoms with Gasteiger partial charge in [-0.3, -0.25) is 0 Å². The molecule has 0 spiro atoms. The highest BCUT2D eigenvalue weighted by Crippen LogP contribution is 2.38. The van der Waals surface area contributed by atoms with Crippen molar-refractivity contribution in [1.82, 2.24) is 14.8 Å². The molecule has 0 aliphatic carbocycles. The lowest BCUT2D eigenvalue weighted by Gasteiger charge is -2.40. The lowest BCUT2D eigenvalue weighted by Crippen LogP contribution is -2.48. The molecule has 1 rings (SSSR count). The van der Waals surface area contributed by atoms with E-state index in [1.54, 1.807) is 11.0 Å². The first kappa shape index (κ1) is 15.9. The third kappa shape index (κ3) is 3.68. The SMILES string of the molecule is CC(n1cncn1)C(O)(C#C[Si](C)(C)C)C(C)(C)C. The van der Waals surface area contributed by atoms with Crippen molar-refractivity contribution in [1.29, 1.82) is 0 Å². The van der Waals surface area contributed by atoms with Gasteiger partial charge in [0, 0.05) is 5.41 Å². The third-order valence-electron chi connectivity index (χ3n) is 3.21. The minimum absolute atomic E-state index is 0.251. The van der Waals surface area contributed by atoms with Gasteiger partial charge >= 0.3 is 0 Å². The first-order chi connectivity index (χ1) is 8.47. The second-order valence-electron chi connectivity index (χ2n) is 7.07. The predicted molar refractivity (Wildman–Crippen MR) is 80.3 cm³/mol. The maximum absolute atomic E-state index is 11.1. The highest BCUT2D eigenvalue weighted by Gasteiger charge is 2.45. The molecule has 106 valence electrons. The highest BCUT2D eigenvalue weighted by molar-refractivity contribution is 6.83. The van der Waals surface area contributed by atoms with Crippen LogP contribution in [-0.4, -0.2) is 33.5 Å². The van der Waals surface area contributed by atoms with Crippen LogP contribution >= 0.6 is 0 Å². The lowest BCUT2D eigenvalue weighted by molar-refractivity contribution is -0.0463. The molecule has 5 heteroatoms. The standard InChI is InChI=1S/C14H25N3OSi/c1-12(17-11-15-10-16-17)14(18,13(2,3)4)8-9-19(5,6)7/h10-12,18H,1-7H3. The maximum atomic E-state index is 11.1. The summed E-state index contributed by atoms with van der Waals surface area (Å²) in [5.74, 6) is 3.14. The van der Waals surface area contributed by atoms with E-state index < -0.39 is 13.7 Å². The molecular formula is C14H25N3OSi. The summed E-state index contributed by atoms with van der Waals surface area (Å²) < 4.78 is 1.67. The van der Waals surface area contributed by atoms with E-state index in [1.165, 1.54) is 6.33 Å². The first-order valence-corrected chi connectivity index (χ1v) is 10.1. The highest BCUT2D eigenvalue weighted by atomic mass is 28.3. The van der Waals surface area contributed by atoms with E-state index in [4.69, 9.17) is 0 Å². The number of hydrogen-bond donors (Lipinski definition) is 1. The molecule has 1 heterocycles. The fourth-order valence-electron chi connectivity index (χ4n) is 1.81. The Morgan fingerprint density at radius 1 is 1.26 bits per heavy atom. The normalized spacial score (nSPS) is 17.3. The van der Waals surface area contributed by atoms with Crippen LogP contribution in [0.2, 0.25) is 19.6 Å². The molecule has 1 N–H and O–H groups in total. The van der Waals surface area contributed by atoms with Crippen LogP contribution in [0.5, 0.6) is 0 Å². The molecule has 0 saturated heterocycles. The average molecular weight is 279 g/mol. The van der Waals surface area contributed by atoms with Crippen molar-refractivity contribution in [2.24, 2.45) is 5.41 Å². The van der Waals surface area contributed by atoms with Crippen LogP contribution in [0.15, 0.2) is 12.7 Å². The van der Waals surface area contributed by atoms with E-state index in [0.29, 0.717) is 0 Å². The Hall–Kier alpha value is -1.12. The van der Waals surface area contributed by atoms with Gasteiger partial charge in [0.05, 0.1) is 6.04 Å². The van der Waals surface area contributed by atoms with Gasteiger partial charge in [0.25, 0.3) is 0 Å². The van der Waals surface area contributed by atoms with Crippen molar-refractivity contribution in [2.45, 2.75) is 59.0 Å². The Bertz CT molecular complexity index is 474. The second-order valence-corrected chi connectivity index (χ2v) is 11.8. The van der Waals surface area contributed by atoms with E-state index in [1.807, 2.05) is 27.7 Å². The van der Waals surface area contributed by atoms with Gasteiger partial charge in [0.15, 0.2) is 5.60 Å². The monoisotopic (exact) mass is 279 g/mol. The fourth-order valence-corrected chi connectivity index (χ4v) is 2.38. The summed E-state index contributed by atoms with van der Waals surface area (Å²) in [7, 11) is -1.54. The Morgan fingerprint density at radius 3 is 2.21 bits per heavy atom. The van der Waals surface area contributed by atoms with Gasteiger partial charge in [-0.05, 0) is 6.92 Å². The molecule has 0 aliphatic rings. The summed E-state index contributed by atoms with van der Waals surface area (Å²) >= 11 is 0. The molecule has 1 aromatic rings. The van der Waals surface area contributed by atoms with Gasteiger partial charge in [-0.25, -0.2) is 9.67 Å². The summed E-state index contributed by atoms with van der Waals surface area (Å²) in [6.45, 7) is 14.4. The van der Waals surface area contributed by atoms with Crippen LogP contribution < -0.4 is 0 Å². The fraction of sp³-hybridized carbons (Fsp3) is 0.714. The number of nitrogens with zero attached hydrogens (tertiary/aromatic N) is 3. The van der Waals surface area contributed by atoms with E-state index in [0.717, 1.165) is 0 Å². The lowest BCUT2D eigenvalue weighted by atomic mass is 9.73. The number of rotatable bonds is 2. The zero-order valence-electron chi connectivity index (χ0n) is 13.0. The maximum Gasteiger partial charge on any atom is 0.151 e. The van der Waals surface area contributed by atoms with Gasteiger partial charge in [0.1, 0.15) is 20.7 Å². The molecule has 1 aromatic heterocycles. The molecule has 0 fully saturated rings. The summed E-state index contributed by atoms with van der Waals surface area (Å²) in [5.41, 5.74) is 1.78. The minimum Gasteiger partial charge on any atom is -0.375 e. The first-order valence-electron chi connectivity index (χ1n) is 6.58. The molecule has 2 unspecified atom stereocenters. The molecule has 0 amide bonds. The van der Waals surface area contributed by atoms with Crippen LogP contribution in [0.4, 0.5) is 0 Å². The number of hydrogen-bond acceptors (Lipinski definition) is 3. The zero-order valence-corrected chi connectivity index (χ0v) is 14.0. The Morgan fingerprint density at radius 2 is 1.84 bits per heavy atom. The third-order valence-corrected chi connectivity index (χ3v) is 4.08. The van der Waals surface area contributed by atoms with Crippen molar-refractivity contribution >= 4 is 8.07 Å². The summed E-state index contributed by atoms with van der Waals surface area (Å²) in [6, 6.07) is -0.251. The molecule has 4 nitrogen and oxygen atoms in total. The van der Waals surface area contributed by atoms with Gasteiger partial charge < -0.3 is 5.11 Å². The molecular weight excluding hydrogens is 254 g/mol. The van der Waals surface area contributed by atoms with Gasteiger partial charge in [-0.2, -0.15) is 5.10 Å². The second kappa shape index (κ2) is 5.10. The van der Waals surface area contributed by atoms with E-state index in [-0.39, 0.29) is 11.5 Å². The average Bonchev–Trinajstić information content (AvgIpc) is 2.75. The van der Waals surface area contributed by atoms with Gasteiger partial charge in [-0.15, -0.1) is 5.54 Å². The molecule has 2 atom stereocenters. The zero-order chi connectivity index (χ0) is 14.9. The van der Waals surface area contributed by atoms with Crippen molar-refractivity contribution in [3.63, 3.8) is 0 Å². The Labute approximate surface area is 117 Å². The van der Waals surface area contributed by atoms with Crippen LogP contribution in [0.1, 0.15) is 33.7 Å². The molecule has 0 saturated carbocycles. The van der Waals surface area contributed by atoms with Crippen molar-refractivity contribution in [2.75, 3.05) is 0 Å². The van der Waals surface area contributed by atoms with E-state index in [2.05, 4.69) is 41.2 Å². The molecule has 0 aromatic carbocycles. The molecule has 0 aliphatic heterocycles. The summed E-state index contributed by atoms with van der Waals surface area (Å²) in [5, 5.41) is 15.2. The molecule has 0 bridgehead atoms. The van der Waals surface area contributed by atoms with Crippen molar-refractivity contribution in [3.05, 3.63) is 12.7 Å². The van der Waals surface area contributed by atoms with Crippen LogP contribution in [0.3, 0.4) is 0 Å². The van der Waals surface area contributed by atoms with Crippen LogP contribution in [0.25, 0.3) is 0 Å². The van der Waals surface area contributed by atoms with Crippen molar-refractivity contribution < 1.29 is 5.11 Å². The van der Waals surface area contributed by atoms with Crippen molar-refractivity contribution in [3.8, 4) is 11.5 Å². The minimum atomic E-state index is -1.54. The molecule has 19 heavy (non-hydrogen) atoms. The topological polar surface area (TPSA) is 50.9 Å². The molecule has 0 radical (unpaired) electrons. The van der Waals surface area contributed by atoms with Crippen LogP contribution in [-0.2, 0) is 0 Å². The predicted octanol–water partition coefficient (Wildman–Crippen LogP) is 2.50. The van der Waals surface area contributed by atoms with E-state index in [9.17, 15) is 5.11 Å². The van der Waals surface area contributed by atoms with Gasteiger partial charge in [-0.1, -0.05) is 46.3 Å². The largest absolute Gasteiger partial charge is 0.375 e. The summed E-state index contributed by atoms with van der Waals surface area (Å²) in [6.07, 6.45) is 3.10. The van der Waals surface area contributed by atoms with Gasteiger partial charge in [0.2, 0.25) is 0 Å². The number of aliphatic hydroxyl groups is 1. The smallest absolute Gasteiger partial charge is 0.151 e. The number of aromatic nitrogens is 3. The Kier molecular flexibility index (Phi) is 4.28.